The van der Waals surface area contributed by atoms with Crippen LogP contribution in [0.1, 0.15) is 6.42 Å². The smallest absolute Gasteiger partial charge is 0.262 e. The lowest BCUT2D eigenvalue weighted by Gasteiger charge is -2.10. The van der Waals surface area contributed by atoms with Crippen LogP contribution in [0.3, 0.4) is 0 Å². The highest BCUT2D eigenvalue weighted by atomic mass is 35.5. The summed E-state index contributed by atoms with van der Waals surface area (Å²) < 4.78 is 8.55. The molecule has 2 aromatic carbocycles. The summed E-state index contributed by atoms with van der Waals surface area (Å²) in [6.45, 7) is 0. The van der Waals surface area contributed by atoms with Gasteiger partial charge in [-0.2, -0.15) is 0 Å². The molecule has 0 spiro atoms. The molecule has 0 unspecified atom stereocenters. The molecule has 30 heavy (non-hydrogen) atoms. The first-order chi connectivity index (χ1) is 14.5. The lowest BCUT2D eigenvalue weighted by molar-refractivity contribution is -0.115. The Morgan fingerprint density at radius 1 is 1.23 bits per heavy atom. The van der Waals surface area contributed by atoms with Crippen LogP contribution in [-0.2, 0) is 11.8 Å². The molecule has 10 heteroatoms. The van der Waals surface area contributed by atoms with Gasteiger partial charge in [0.25, 0.3) is 5.56 Å². The fourth-order valence-corrected chi connectivity index (χ4v) is 4.18. The highest BCUT2D eigenvalue weighted by Gasteiger charge is 2.15. The van der Waals surface area contributed by atoms with Crippen LogP contribution in [0.4, 0.5) is 5.69 Å². The highest BCUT2D eigenvalue weighted by molar-refractivity contribution is 7.99. The number of hydrogen-bond donors (Lipinski definition) is 1. The molecule has 2 aromatic heterocycles. The number of hydrogen-bond acceptors (Lipinski definition) is 6. The van der Waals surface area contributed by atoms with Crippen molar-refractivity contribution in [3.05, 3.63) is 57.8 Å². The number of fused-ring (bicyclic) bond motifs is 3. The molecule has 0 saturated heterocycles. The molecular weight excluding hydrogens is 426 g/mol. The van der Waals surface area contributed by atoms with E-state index in [4.69, 9.17) is 16.3 Å². The maximum atomic E-state index is 12.5. The fourth-order valence-electron chi connectivity index (χ4n) is 3.13. The van der Waals surface area contributed by atoms with Crippen LogP contribution < -0.4 is 15.6 Å². The van der Waals surface area contributed by atoms with Crippen molar-refractivity contribution in [3.8, 4) is 5.75 Å². The Bertz CT molecular complexity index is 1320. The van der Waals surface area contributed by atoms with Crippen molar-refractivity contribution in [2.75, 3.05) is 18.2 Å². The zero-order valence-electron chi connectivity index (χ0n) is 16.3. The number of aromatic nitrogens is 4. The zero-order chi connectivity index (χ0) is 21.3. The lowest BCUT2D eigenvalue weighted by atomic mass is 10.2. The van der Waals surface area contributed by atoms with Gasteiger partial charge in [0.1, 0.15) is 5.75 Å². The number of nitrogens with zero attached hydrogens (tertiary/aromatic N) is 4. The predicted molar refractivity (Wildman–Crippen MR) is 118 cm³/mol. The van der Waals surface area contributed by atoms with Gasteiger partial charge in [-0.25, -0.2) is 0 Å². The van der Waals surface area contributed by atoms with Gasteiger partial charge in [-0.15, -0.1) is 10.2 Å². The summed E-state index contributed by atoms with van der Waals surface area (Å²) in [5, 5.41) is 12.9. The van der Waals surface area contributed by atoms with Gasteiger partial charge < -0.3 is 10.1 Å². The molecule has 8 nitrogen and oxygen atoms in total. The van der Waals surface area contributed by atoms with E-state index in [1.807, 2.05) is 22.6 Å². The van der Waals surface area contributed by atoms with E-state index in [1.54, 1.807) is 31.3 Å². The number of nitrogens with one attached hydrogen (secondary N) is 1. The van der Waals surface area contributed by atoms with Crippen molar-refractivity contribution in [3.63, 3.8) is 0 Å². The van der Waals surface area contributed by atoms with Gasteiger partial charge in [-0.3, -0.25) is 18.6 Å². The van der Waals surface area contributed by atoms with E-state index in [0.717, 1.165) is 5.52 Å². The molecule has 4 rings (SSSR count). The monoisotopic (exact) mass is 443 g/mol. The van der Waals surface area contributed by atoms with Crippen molar-refractivity contribution in [2.24, 2.45) is 7.05 Å². The van der Waals surface area contributed by atoms with Crippen molar-refractivity contribution in [2.45, 2.75) is 11.6 Å². The quantitative estimate of drug-likeness (QED) is 0.459. The average Bonchev–Trinajstić information content (AvgIpc) is 3.16. The number of halogens is 1. The van der Waals surface area contributed by atoms with E-state index in [-0.39, 0.29) is 17.9 Å². The number of methoxy groups -OCH3 is 1. The van der Waals surface area contributed by atoms with Crippen molar-refractivity contribution >= 4 is 51.6 Å². The second-order valence-corrected chi connectivity index (χ2v) is 7.99. The van der Waals surface area contributed by atoms with Crippen LogP contribution in [0.25, 0.3) is 16.7 Å². The van der Waals surface area contributed by atoms with Gasteiger partial charge in [0, 0.05) is 24.2 Å². The average molecular weight is 444 g/mol. The van der Waals surface area contributed by atoms with E-state index in [1.165, 1.54) is 23.4 Å². The van der Waals surface area contributed by atoms with Crippen LogP contribution in [0.15, 0.2) is 52.4 Å². The van der Waals surface area contributed by atoms with Crippen molar-refractivity contribution in [1.82, 2.24) is 19.2 Å². The van der Waals surface area contributed by atoms with Gasteiger partial charge >= 0.3 is 0 Å². The first-order valence-corrected chi connectivity index (χ1v) is 10.4. The number of amides is 1. The Hall–Kier alpha value is -3.04. The summed E-state index contributed by atoms with van der Waals surface area (Å²) in [7, 11) is 3.20. The van der Waals surface area contributed by atoms with Crippen LogP contribution in [0, 0.1) is 0 Å². The second-order valence-electron chi connectivity index (χ2n) is 6.49. The largest absolute Gasteiger partial charge is 0.495 e. The van der Waals surface area contributed by atoms with Crippen LogP contribution in [0.5, 0.6) is 5.75 Å². The normalized spacial score (nSPS) is 11.2. The fraction of sp³-hybridized carbons (Fsp3) is 0.200. The molecule has 0 aliphatic carbocycles. The zero-order valence-corrected chi connectivity index (χ0v) is 17.8. The number of para-hydroxylation sites is 1. The van der Waals surface area contributed by atoms with Gasteiger partial charge in [-0.05, 0) is 30.3 Å². The number of anilines is 1. The Kier molecular flexibility index (Phi) is 5.65. The molecule has 0 fully saturated rings. The number of ether oxygens (including phenoxy) is 1. The van der Waals surface area contributed by atoms with Crippen LogP contribution >= 0.6 is 23.4 Å². The lowest BCUT2D eigenvalue weighted by Crippen LogP contribution is -2.20. The third-order valence-electron chi connectivity index (χ3n) is 4.59. The summed E-state index contributed by atoms with van der Waals surface area (Å²) in [5.74, 6) is 1.30. The minimum absolute atomic E-state index is 0.128. The predicted octanol–water partition coefficient (Wildman–Crippen LogP) is 3.36. The molecule has 0 bridgehead atoms. The van der Waals surface area contributed by atoms with Gasteiger partial charge in [0.05, 0.1) is 23.7 Å². The molecule has 0 atom stereocenters. The minimum atomic E-state index is -0.172. The molecular formula is C20H18ClN5O3S. The molecule has 154 valence electrons. The molecule has 1 N–H and O–H groups in total. The first-order valence-electron chi connectivity index (χ1n) is 9.08. The Balaban J connectivity index is 1.52. The number of carbonyl (C=O) groups is 1. The Morgan fingerprint density at radius 2 is 2.03 bits per heavy atom. The van der Waals surface area contributed by atoms with E-state index in [2.05, 4.69) is 15.5 Å². The van der Waals surface area contributed by atoms with E-state index in [0.29, 0.717) is 38.5 Å². The number of thioether (sulfide) groups is 1. The van der Waals surface area contributed by atoms with Crippen LogP contribution in [0.2, 0.25) is 5.02 Å². The third-order valence-corrected chi connectivity index (χ3v) is 5.76. The van der Waals surface area contributed by atoms with Crippen molar-refractivity contribution < 1.29 is 9.53 Å². The molecule has 0 saturated carbocycles. The van der Waals surface area contributed by atoms with E-state index in [9.17, 15) is 9.59 Å². The Labute approximate surface area is 180 Å². The van der Waals surface area contributed by atoms with E-state index < -0.39 is 0 Å². The van der Waals surface area contributed by atoms with Gasteiger partial charge in [0.15, 0.2) is 5.16 Å². The SMILES string of the molecule is COc1ccc(Cl)cc1NC(=O)CCSc1nnc2n(C)c(=O)c3ccccc3n12. The molecule has 0 aliphatic rings. The van der Waals surface area contributed by atoms with Crippen molar-refractivity contribution in [1.29, 1.82) is 0 Å². The molecule has 2 heterocycles. The minimum Gasteiger partial charge on any atom is -0.495 e. The first kappa shape index (κ1) is 20.2. The molecule has 4 aromatic rings. The number of carbonyl (C=O) groups excluding carboxylic acids is 1. The maximum absolute atomic E-state index is 12.5. The Morgan fingerprint density at radius 3 is 2.83 bits per heavy atom. The summed E-state index contributed by atoms with van der Waals surface area (Å²) >= 11 is 7.40. The van der Waals surface area contributed by atoms with E-state index >= 15 is 0 Å². The summed E-state index contributed by atoms with van der Waals surface area (Å²) in [6.07, 6.45) is 0.249. The molecule has 1 amide bonds. The number of aryl methyl sites for hydroxylation is 1. The molecule has 0 radical (unpaired) electrons. The van der Waals surface area contributed by atoms with Crippen LogP contribution in [-0.4, -0.2) is 37.9 Å². The second kappa shape index (κ2) is 8.37. The third kappa shape index (κ3) is 3.73. The maximum Gasteiger partial charge on any atom is 0.262 e. The summed E-state index contributed by atoms with van der Waals surface area (Å²) in [6, 6.07) is 12.4. The highest BCUT2D eigenvalue weighted by Crippen LogP contribution is 2.28. The van der Waals surface area contributed by atoms with Gasteiger partial charge in [0.2, 0.25) is 11.7 Å². The number of rotatable bonds is 6. The standard InChI is InChI=1S/C20H18ClN5O3S/c1-25-18(28)13-5-3-4-6-15(13)26-19(25)23-24-20(26)30-10-9-17(27)22-14-11-12(21)7-8-16(14)29-2/h3-8,11H,9-10H2,1-2H3,(H,22,27). The topological polar surface area (TPSA) is 90.5 Å². The number of benzene rings is 2. The van der Waals surface area contributed by atoms with Gasteiger partial charge in [-0.1, -0.05) is 35.5 Å². The summed E-state index contributed by atoms with van der Waals surface area (Å²) in [4.78, 5) is 24.9. The summed E-state index contributed by atoms with van der Waals surface area (Å²) in [5.41, 5.74) is 1.13. The molecule has 0 aliphatic heterocycles.